The summed E-state index contributed by atoms with van der Waals surface area (Å²) in [6.07, 6.45) is 1.58. The van der Waals surface area contributed by atoms with Crippen molar-refractivity contribution in [2.75, 3.05) is 0 Å². The summed E-state index contributed by atoms with van der Waals surface area (Å²) in [6, 6.07) is 12.8. The summed E-state index contributed by atoms with van der Waals surface area (Å²) < 4.78 is 0. The topological polar surface area (TPSA) is 17.1 Å². The quantitative estimate of drug-likeness (QED) is 0.728. The Kier molecular flexibility index (Phi) is 2.55. The molecule has 0 aromatic heterocycles. The van der Waals surface area contributed by atoms with E-state index < -0.39 is 0 Å². The minimum atomic E-state index is 0.288. The molecule has 1 heteroatoms. The summed E-state index contributed by atoms with van der Waals surface area (Å²) >= 11 is 0. The number of fused-ring (bicyclic) bond motifs is 1. The Hall–Kier alpha value is -1.89. The first-order valence-corrected chi connectivity index (χ1v) is 6.38. The van der Waals surface area contributed by atoms with Crippen molar-refractivity contribution in [2.45, 2.75) is 26.7 Å². The van der Waals surface area contributed by atoms with Gasteiger partial charge in [0.2, 0.25) is 0 Å². The third kappa shape index (κ3) is 1.86. The molecule has 0 saturated carbocycles. The van der Waals surface area contributed by atoms with Crippen LogP contribution >= 0.6 is 0 Å². The minimum Gasteiger partial charge on any atom is -0.294 e. The van der Waals surface area contributed by atoms with Gasteiger partial charge in [0.15, 0.2) is 5.78 Å². The predicted molar refractivity (Wildman–Crippen MR) is 74.0 cm³/mol. The van der Waals surface area contributed by atoms with Crippen molar-refractivity contribution in [3.8, 4) is 11.1 Å². The molecule has 0 spiro atoms. The van der Waals surface area contributed by atoms with Crippen LogP contribution in [0.4, 0.5) is 0 Å². The Bertz CT molecular complexity index is 618. The van der Waals surface area contributed by atoms with E-state index in [0.29, 0.717) is 6.42 Å². The molecule has 0 radical (unpaired) electrons. The van der Waals surface area contributed by atoms with E-state index in [-0.39, 0.29) is 5.78 Å². The Balaban J connectivity index is 2.12. The van der Waals surface area contributed by atoms with Crippen LogP contribution in [0.5, 0.6) is 0 Å². The molecule has 0 saturated heterocycles. The second-order valence-electron chi connectivity index (χ2n) is 5.17. The fourth-order valence-corrected chi connectivity index (χ4v) is 2.76. The van der Waals surface area contributed by atoms with Gasteiger partial charge in [0.1, 0.15) is 0 Å². The molecule has 0 N–H and O–H groups in total. The molecule has 2 aromatic carbocycles. The van der Waals surface area contributed by atoms with Gasteiger partial charge in [0.05, 0.1) is 0 Å². The molecule has 1 aliphatic rings. The van der Waals surface area contributed by atoms with Gasteiger partial charge in [-0.1, -0.05) is 41.5 Å². The monoisotopic (exact) mass is 236 g/mol. The lowest BCUT2D eigenvalue weighted by atomic mass is 9.97. The molecular formula is C17H16O. The van der Waals surface area contributed by atoms with E-state index in [4.69, 9.17) is 0 Å². The van der Waals surface area contributed by atoms with E-state index in [2.05, 4.69) is 50.2 Å². The van der Waals surface area contributed by atoms with Crippen molar-refractivity contribution in [1.29, 1.82) is 0 Å². The van der Waals surface area contributed by atoms with Gasteiger partial charge in [-0.05, 0) is 43.0 Å². The number of ketones is 1. The normalized spacial score (nSPS) is 13.8. The average molecular weight is 236 g/mol. The van der Waals surface area contributed by atoms with Crippen LogP contribution in [-0.2, 0) is 6.42 Å². The highest BCUT2D eigenvalue weighted by atomic mass is 16.1. The Labute approximate surface area is 107 Å². The summed E-state index contributed by atoms with van der Waals surface area (Å²) in [6.45, 7) is 4.21. The molecule has 0 bridgehead atoms. The van der Waals surface area contributed by atoms with Gasteiger partial charge in [-0.3, -0.25) is 4.79 Å². The summed E-state index contributed by atoms with van der Waals surface area (Å²) in [5.74, 6) is 0.288. The smallest absolute Gasteiger partial charge is 0.163 e. The first kappa shape index (κ1) is 11.2. The summed E-state index contributed by atoms with van der Waals surface area (Å²) in [7, 11) is 0. The molecule has 1 nitrogen and oxygen atoms in total. The lowest BCUT2D eigenvalue weighted by molar-refractivity contribution is 0.0994. The van der Waals surface area contributed by atoms with E-state index in [1.165, 1.54) is 22.3 Å². The van der Waals surface area contributed by atoms with E-state index in [1.807, 2.05) is 0 Å². The van der Waals surface area contributed by atoms with Crippen molar-refractivity contribution in [1.82, 2.24) is 0 Å². The number of carbonyl (C=O) groups is 1. The van der Waals surface area contributed by atoms with Crippen molar-refractivity contribution in [2.24, 2.45) is 0 Å². The average Bonchev–Trinajstić information content (AvgIpc) is 2.69. The van der Waals surface area contributed by atoms with Gasteiger partial charge in [-0.15, -0.1) is 0 Å². The largest absolute Gasteiger partial charge is 0.294 e. The number of carbonyl (C=O) groups excluding carboxylic acids is 1. The zero-order chi connectivity index (χ0) is 12.7. The molecule has 90 valence electrons. The second-order valence-corrected chi connectivity index (χ2v) is 5.17. The Morgan fingerprint density at radius 3 is 2.28 bits per heavy atom. The molecule has 2 aromatic rings. The third-order valence-electron chi connectivity index (χ3n) is 3.59. The summed E-state index contributed by atoms with van der Waals surface area (Å²) in [5, 5.41) is 0. The molecule has 0 amide bonds. The molecule has 0 fully saturated rings. The van der Waals surface area contributed by atoms with Crippen LogP contribution in [0.1, 0.15) is 33.5 Å². The fourth-order valence-electron chi connectivity index (χ4n) is 2.76. The first-order valence-electron chi connectivity index (χ1n) is 6.38. The van der Waals surface area contributed by atoms with Crippen LogP contribution in [0.2, 0.25) is 0 Å². The van der Waals surface area contributed by atoms with E-state index in [1.54, 1.807) is 0 Å². The molecule has 3 rings (SSSR count). The number of rotatable bonds is 1. The maximum Gasteiger partial charge on any atom is 0.163 e. The summed E-state index contributed by atoms with van der Waals surface area (Å²) in [4.78, 5) is 11.8. The molecule has 18 heavy (non-hydrogen) atoms. The van der Waals surface area contributed by atoms with E-state index >= 15 is 0 Å². The number of hydrogen-bond acceptors (Lipinski definition) is 1. The maximum atomic E-state index is 11.8. The van der Waals surface area contributed by atoms with Gasteiger partial charge in [0, 0.05) is 12.0 Å². The fraction of sp³-hybridized carbons (Fsp3) is 0.235. The summed E-state index contributed by atoms with van der Waals surface area (Å²) in [5.41, 5.74) is 7.00. The van der Waals surface area contributed by atoms with Gasteiger partial charge in [0.25, 0.3) is 0 Å². The van der Waals surface area contributed by atoms with Crippen LogP contribution in [0, 0.1) is 13.8 Å². The van der Waals surface area contributed by atoms with Gasteiger partial charge in [-0.25, -0.2) is 0 Å². The van der Waals surface area contributed by atoms with Crippen molar-refractivity contribution >= 4 is 5.78 Å². The van der Waals surface area contributed by atoms with Gasteiger partial charge in [-0.2, -0.15) is 0 Å². The third-order valence-corrected chi connectivity index (χ3v) is 3.59. The van der Waals surface area contributed by atoms with Crippen molar-refractivity contribution in [3.63, 3.8) is 0 Å². The van der Waals surface area contributed by atoms with Crippen LogP contribution in [0.25, 0.3) is 11.1 Å². The zero-order valence-electron chi connectivity index (χ0n) is 10.8. The molecule has 0 atom stereocenters. The highest BCUT2D eigenvalue weighted by Crippen LogP contribution is 2.29. The Morgan fingerprint density at radius 2 is 1.56 bits per heavy atom. The maximum absolute atomic E-state index is 11.8. The number of Topliss-reactive ketones (excluding diaryl/α,β-unsaturated/α-hetero) is 1. The SMILES string of the molecule is Cc1cc(C)cc(-c2ccc3c(c2)C(=O)CC3)c1. The lowest BCUT2D eigenvalue weighted by Gasteiger charge is -2.07. The molecule has 0 aliphatic heterocycles. The molecule has 1 aliphatic carbocycles. The molecule has 0 heterocycles. The van der Waals surface area contributed by atoms with E-state index in [9.17, 15) is 4.79 Å². The molecular weight excluding hydrogens is 220 g/mol. The zero-order valence-corrected chi connectivity index (χ0v) is 10.8. The van der Waals surface area contributed by atoms with Crippen molar-refractivity contribution in [3.05, 3.63) is 58.7 Å². The van der Waals surface area contributed by atoms with Crippen LogP contribution in [-0.4, -0.2) is 5.78 Å². The predicted octanol–water partition coefficient (Wildman–Crippen LogP) is 4.10. The second kappa shape index (κ2) is 4.09. The van der Waals surface area contributed by atoms with Crippen LogP contribution < -0.4 is 0 Å². The first-order chi connectivity index (χ1) is 8.63. The number of hydrogen-bond donors (Lipinski definition) is 0. The van der Waals surface area contributed by atoms with Gasteiger partial charge >= 0.3 is 0 Å². The highest BCUT2D eigenvalue weighted by Gasteiger charge is 2.19. The van der Waals surface area contributed by atoms with Crippen molar-refractivity contribution < 1.29 is 4.79 Å². The van der Waals surface area contributed by atoms with Crippen LogP contribution in [0.3, 0.4) is 0 Å². The molecule has 0 unspecified atom stereocenters. The standard InChI is InChI=1S/C17H16O/c1-11-7-12(2)9-15(8-11)14-4-3-13-5-6-17(18)16(13)10-14/h3-4,7-10H,5-6H2,1-2H3. The number of aryl methyl sites for hydroxylation is 3. The van der Waals surface area contributed by atoms with E-state index in [0.717, 1.165) is 17.5 Å². The number of benzene rings is 2. The van der Waals surface area contributed by atoms with Crippen LogP contribution in [0.15, 0.2) is 36.4 Å². The highest BCUT2D eigenvalue weighted by molar-refractivity contribution is 6.01. The Morgan fingerprint density at radius 1 is 0.833 bits per heavy atom. The van der Waals surface area contributed by atoms with Gasteiger partial charge < -0.3 is 0 Å². The lowest BCUT2D eigenvalue weighted by Crippen LogP contribution is -1.92. The minimum absolute atomic E-state index is 0.288.